The maximum absolute atomic E-state index is 12.0. The van der Waals surface area contributed by atoms with Crippen LogP contribution in [-0.4, -0.2) is 16.7 Å². The smallest absolute Gasteiger partial charge is 0.272 e. The number of hydrogen-bond donors (Lipinski definition) is 2. The first-order valence-electron chi connectivity index (χ1n) is 6.07. The summed E-state index contributed by atoms with van der Waals surface area (Å²) in [5.74, 6) is -0.357. The van der Waals surface area contributed by atoms with E-state index < -0.39 is 5.91 Å². The molecular weight excluding hydrogens is 311 g/mol. The molecule has 0 fully saturated rings. The summed E-state index contributed by atoms with van der Waals surface area (Å²) in [6.07, 6.45) is 0. The summed E-state index contributed by atoms with van der Waals surface area (Å²) in [5, 5.41) is 14.4. The van der Waals surface area contributed by atoms with Crippen LogP contribution >= 0.6 is 23.2 Å². The van der Waals surface area contributed by atoms with Gasteiger partial charge >= 0.3 is 0 Å². The van der Waals surface area contributed by atoms with Gasteiger partial charge in [0.05, 0.1) is 16.3 Å². The molecular formula is C15H12Cl2N2O2. The molecule has 0 atom stereocenters. The van der Waals surface area contributed by atoms with E-state index in [0.29, 0.717) is 16.3 Å². The number of carbonyl (C=O) groups is 1. The van der Waals surface area contributed by atoms with Gasteiger partial charge in [-0.1, -0.05) is 35.3 Å². The van der Waals surface area contributed by atoms with Gasteiger partial charge < -0.3 is 5.11 Å². The zero-order valence-corrected chi connectivity index (χ0v) is 12.6. The largest absolute Gasteiger partial charge is 0.507 e. The third kappa shape index (κ3) is 3.74. The summed E-state index contributed by atoms with van der Waals surface area (Å²) >= 11 is 11.7. The van der Waals surface area contributed by atoms with Gasteiger partial charge in [0, 0.05) is 10.6 Å². The molecule has 1 amide bonds. The lowest BCUT2D eigenvalue weighted by Gasteiger charge is -2.06. The molecule has 0 aliphatic heterocycles. The Hall–Kier alpha value is -2.04. The van der Waals surface area contributed by atoms with Crippen molar-refractivity contribution in [2.24, 2.45) is 5.10 Å². The van der Waals surface area contributed by atoms with Gasteiger partial charge in [0.25, 0.3) is 5.91 Å². The Morgan fingerprint density at radius 3 is 2.52 bits per heavy atom. The van der Waals surface area contributed by atoms with Crippen LogP contribution < -0.4 is 5.43 Å². The van der Waals surface area contributed by atoms with Gasteiger partial charge in [-0.3, -0.25) is 4.79 Å². The summed E-state index contributed by atoms with van der Waals surface area (Å²) in [6, 6.07) is 11.3. The Labute approximate surface area is 132 Å². The molecule has 0 saturated carbocycles. The number of phenolic OH excluding ortho intramolecular Hbond substituents is 1. The van der Waals surface area contributed by atoms with Crippen LogP contribution in [0.2, 0.25) is 10.0 Å². The number of carbonyl (C=O) groups excluding carboxylic acids is 1. The van der Waals surface area contributed by atoms with Crippen molar-refractivity contribution in [2.45, 2.75) is 6.92 Å². The highest BCUT2D eigenvalue weighted by molar-refractivity contribution is 6.36. The molecule has 0 bridgehead atoms. The number of halogens is 2. The third-order valence-corrected chi connectivity index (χ3v) is 3.34. The molecule has 2 rings (SSSR count). The van der Waals surface area contributed by atoms with Crippen LogP contribution in [0, 0.1) is 0 Å². The lowest BCUT2D eigenvalue weighted by Crippen LogP contribution is -2.19. The van der Waals surface area contributed by atoms with Crippen LogP contribution in [0.1, 0.15) is 22.8 Å². The Bertz CT molecular complexity index is 715. The monoisotopic (exact) mass is 322 g/mol. The van der Waals surface area contributed by atoms with Gasteiger partial charge in [-0.2, -0.15) is 5.10 Å². The summed E-state index contributed by atoms with van der Waals surface area (Å²) in [4.78, 5) is 12.0. The molecule has 0 heterocycles. The Kier molecular flexibility index (Phi) is 4.83. The summed E-state index contributed by atoms with van der Waals surface area (Å²) in [7, 11) is 0. The van der Waals surface area contributed by atoms with Gasteiger partial charge in [-0.05, 0) is 37.3 Å². The van der Waals surface area contributed by atoms with Crippen molar-refractivity contribution in [1.29, 1.82) is 0 Å². The zero-order chi connectivity index (χ0) is 15.4. The molecule has 2 N–H and O–H groups in total. The minimum absolute atomic E-state index is 0.0949. The van der Waals surface area contributed by atoms with Crippen LogP contribution in [0.3, 0.4) is 0 Å². The summed E-state index contributed by atoms with van der Waals surface area (Å²) in [6.45, 7) is 1.68. The van der Waals surface area contributed by atoms with Crippen LogP contribution in [0.15, 0.2) is 47.6 Å². The Morgan fingerprint density at radius 2 is 1.86 bits per heavy atom. The molecule has 108 valence electrons. The first-order valence-corrected chi connectivity index (χ1v) is 6.82. The molecule has 0 aliphatic rings. The Balaban J connectivity index is 2.17. The van der Waals surface area contributed by atoms with Crippen molar-refractivity contribution in [3.05, 3.63) is 63.6 Å². The number of phenols is 1. The van der Waals surface area contributed by atoms with Crippen LogP contribution in [0.25, 0.3) is 0 Å². The second-order valence-electron chi connectivity index (χ2n) is 4.28. The predicted octanol–water partition coefficient (Wildman–Crippen LogP) is 3.85. The van der Waals surface area contributed by atoms with E-state index >= 15 is 0 Å². The van der Waals surface area contributed by atoms with Crippen LogP contribution in [0.5, 0.6) is 5.75 Å². The SMILES string of the molecule is C/C(=N/NC(=O)c1ccc(Cl)cc1Cl)c1ccccc1O. The lowest BCUT2D eigenvalue weighted by atomic mass is 10.1. The molecule has 0 radical (unpaired) electrons. The standard InChI is InChI=1S/C15H12Cl2N2O2/c1-9(11-4-2-3-5-14(11)20)18-19-15(21)12-7-6-10(16)8-13(12)17/h2-8,20H,1H3,(H,19,21)/b18-9-. The number of benzene rings is 2. The van der Waals surface area contributed by atoms with Crippen molar-refractivity contribution < 1.29 is 9.90 Å². The summed E-state index contributed by atoms with van der Waals surface area (Å²) in [5.41, 5.74) is 3.69. The van der Waals surface area contributed by atoms with E-state index in [4.69, 9.17) is 23.2 Å². The van der Waals surface area contributed by atoms with Gasteiger partial charge in [-0.25, -0.2) is 5.43 Å². The third-order valence-electron chi connectivity index (χ3n) is 2.79. The minimum Gasteiger partial charge on any atom is -0.507 e. The first-order chi connectivity index (χ1) is 9.99. The quantitative estimate of drug-likeness (QED) is 0.666. The molecule has 0 saturated heterocycles. The second kappa shape index (κ2) is 6.61. The molecule has 0 spiro atoms. The average molecular weight is 323 g/mol. The summed E-state index contributed by atoms with van der Waals surface area (Å²) < 4.78 is 0. The van der Waals surface area contributed by atoms with E-state index in [2.05, 4.69) is 10.5 Å². The van der Waals surface area contributed by atoms with Crippen molar-refractivity contribution >= 4 is 34.8 Å². The normalized spacial score (nSPS) is 11.3. The number of hydrazone groups is 1. The highest BCUT2D eigenvalue weighted by atomic mass is 35.5. The maximum Gasteiger partial charge on any atom is 0.272 e. The van der Waals surface area contributed by atoms with Crippen molar-refractivity contribution in [3.8, 4) is 5.75 Å². The van der Waals surface area contributed by atoms with E-state index in [0.717, 1.165) is 0 Å². The number of para-hydroxylation sites is 1. The van der Waals surface area contributed by atoms with Gasteiger partial charge in [0.1, 0.15) is 5.75 Å². The lowest BCUT2D eigenvalue weighted by molar-refractivity contribution is 0.0955. The molecule has 4 nitrogen and oxygen atoms in total. The van der Waals surface area contributed by atoms with E-state index in [9.17, 15) is 9.90 Å². The molecule has 6 heteroatoms. The molecule has 0 unspecified atom stereocenters. The number of rotatable bonds is 3. The highest BCUT2D eigenvalue weighted by Crippen LogP contribution is 2.21. The Morgan fingerprint density at radius 1 is 1.14 bits per heavy atom. The van der Waals surface area contributed by atoms with Gasteiger partial charge in [-0.15, -0.1) is 0 Å². The van der Waals surface area contributed by atoms with E-state index in [-0.39, 0.29) is 16.3 Å². The number of hydrogen-bond acceptors (Lipinski definition) is 3. The molecule has 0 aliphatic carbocycles. The second-order valence-corrected chi connectivity index (χ2v) is 5.12. The number of amides is 1. The van der Waals surface area contributed by atoms with Crippen LogP contribution in [0.4, 0.5) is 0 Å². The fourth-order valence-electron chi connectivity index (χ4n) is 1.71. The van der Waals surface area contributed by atoms with Crippen molar-refractivity contribution in [3.63, 3.8) is 0 Å². The van der Waals surface area contributed by atoms with Gasteiger partial charge in [0.2, 0.25) is 0 Å². The first kappa shape index (κ1) is 15.4. The average Bonchev–Trinajstić information content (AvgIpc) is 2.45. The van der Waals surface area contributed by atoms with Crippen molar-refractivity contribution in [1.82, 2.24) is 5.43 Å². The van der Waals surface area contributed by atoms with Crippen LogP contribution in [-0.2, 0) is 0 Å². The minimum atomic E-state index is -0.452. The predicted molar refractivity (Wildman–Crippen MR) is 84.2 cm³/mol. The molecule has 2 aromatic carbocycles. The topological polar surface area (TPSA) is 61.7 Å². The maximum atomic E-state index is 12.0. The van der Waals surface area contributed by atoms with Crippen molar-refractivity contribution in [2.75, 3.05) is 0 Å². The highest BCUT2D eigenvalue weighted by Gasteiger charge is 2.10. The number of aromatic hydroxyl groups is 1. The molecule has 0 aromatic heterocycles. The zero-order valence-electron chi connectivity index (χ0n) is 11.1. The van der Waals surface area contributed by atoms with E-state index in [1.807, 2.05) is 0 Å². The van der Waals surface area contributed by atoms with E-state index in [1.165, 1.54) is 12.1 Å². The molecule has 21 heavy (non-hydrogen) atoms. The number of nitrogens with zero attached hydrogens (tertiary/aromatic N) is 1. The number of nitrogens with one attached hydrogen (secondary N) is 1. The van der Waals surface area contributed by atoms with E-state index in [1.54, 1.807) is 37.3 Å². The van der Waals surface area contributed by atoms with Gasteiger partial charge in [0.15, 0.2) is 0 Å². The molecule has 2 aromatic rings. The fraction of sp³-hybridized carbons (Fsp3) is 0.0667. The fourth-order valence-corrected chi connectivity index (χ4v) is 2.20.